The minimum atomic E-state index is -0.210. The lowest BCUT2D eigenvalue weighted by Gasteiger charge is -2.02. The van der Waals surface area contributed by atoms with Crippen molar-refractivity contribution in [3.63, 3.8) is 0 Å². The number of furan rings is 1. The van der Waals surface area contributed by atoms with Crippen LogP contribution in [0.15, 0.2) is 57.6 Å². The maximum atomic E-state index is 12.1. The van der Waals surface area contributed by atoms with Gasteiger partial charge >= 0.3 is 0 Å². The summed E-state index contributed by atoms with van der Waals surface area (Å²) in [7, 11) is 0. The van der Waals surface area contributed by atoms with Gasteiger partial charge in [-0.2, -0.15) is 0 Å². The molecule has 3 rings (SSSR count). The monoisotopic (exact) mass is 344 g/mol. The minimum Gasteiger partial charge on any atom is -0.451 e. The highest BCUT2D eigenvalue weighted by Gasteiger charge is 2.11. The number of hydrogen-bond acceptors (Lipinski definition) is 3. The van der Waals surface area contributed by atoms with Crippen LogP contribution in [0.3, 0.4) is 0 Å². The fraction of sp³-hybridized carbons (Fsp3) is 0.125. The topological polar surface area (TPSA) is 55.1 Å². The van der Waals surface area contributed by atoms with Gasteiger partial charge in [0, 0.05) is 34.7 Å². The zero-order chi connectivity index (χ0) is 14.7. The van der Waals surface area contributed by atoms with Crippen molar-refractivity contribution in [3.05, 3.63) is 64.6 Å². The molecule has 0 unspecified atom stereocenters. The van der Waals surface area contributed by atoms with E-state index in [0.29, 0.717) is 24.3 Å². The molecule has 3 aromatic rings. The summed E-state index contributed by atoms with van der Waals surface area (Å²) >= 11 is 3.38. The van der Waals surface area contributed by atoms with Crippen LogP contribution in [0.25, 0.3) is 11.0 Å². The number of pyridine rings is 1. The zero-order valence-corrected chi connectivity index (χ0v) is 12.8. The van der Waals surface area contributed by atoms with Crippen molar-refractivity contribution in [3.8, 4) is 0 Å². The van der Waals surface area contributed by atoms with E-state index in [4.69, 9.17) is 4.42 Å². The molecule has 21 heavy (non-hydrogen) atoms. The molecular formula is C16H13BrN2O2. The Morgan fingerprint density at radius 1 is 1.24 bits per heavy atom. The standard InChI is InChI=1S/C16H13BrN2O2/c17-12-5-4-11-9-15(21-14(11)10-12)16(20)19-8-6-13-3-1-2-7-18-13/h1-5,7,9-10H,6,8H2,(H,19,20). The highest BCUT2D eigenvalue weighted by molar-refractivity contribution is 9.10. The van der Waals surface area contributed by atoms with Crippen molar-refractivity contribution < 1.29 is 9.21 Å². The Bertz CT molecular complexity index is 768. The largest absolute Gasteiger partial charge is 0.451 e. The van der Waals surface area contributed by atoms with Gasteiger partial charge in [0.15, 0.2) is 5.76 Å². The number of nitrogens with zero attached hydrogens (tertiary/aromatic N) is 1. The van der Waals surface area contributed by atoms with Gasteiger partial charge in [-0.15, -0.1) is 0 Å². The normalized spacial score (nSPS) is 10.7. The fourth-order valence-electron chi connectivity index (χ4n) is 2.05. The summed E-state index contributed by atoms with van der Waals surface area (Å²) in [6.07, 6.45) is 2.44. The molecule has 1 N–H and O–H groups in total. The maximum absolute atomic E-state index is 12.1. The van der Waals surface area contributed by atoms with Crippen LogP contribution in [0, 0.1) is 0 Å². The molecule has 5 heteroatoms. The van der Waals surface area contributed by atoms with Gasteiger partial charge in [-0.1, -0.05) is 22.0 Å². The highest BCUT2D eigenvalue weighted by Crippen LogP contribution is 2.23. The van der Waals surface area contributed by atoms with E-state index in [2.05, 4.69) is 26.2 Å². The number of halogens is 1. The van der Waals surface area contributed by atoms with Gasteiger partial charge in [0.1, 0.15) is 5.58 Å². The van der Waals surface area contributed by atoms with E-state index >= 15 is 0 Å². The Kier molecular flexibility index (Phi) is 4.01. The molecule has 4 nitrogen and oxygen atoms in total. The van der Waals surface area contributed by atoms with Crippen LogP contribution in [-0.2, 0) is 6.42 Å². The predicted octanol–water partition coefficient (Wildman–Crippen LogP) is 3.56. The van der Waals surface area contributed by atoms with Crippen LogP contribution < -0.4 is 5.32 Å². The van der Waals surface area contributed by atoms with Crippen LogP contribution in [0.1, 0.15) is 16.2 Å². The Balaban J connectivity index is 1.64. The molecule has 0 atom stereocenters. The van der Waals surface area contributed by atoms with E-state index in [0.717, 1.165) is 15.6 Å². The molecular weight excluding hydrogens is 332 g/mol. The predicted molar refractivity (Wildman–Crippen MR) is 84.2 cm³/mol. The molecule has 0 aliphatic heterocycles. The van der Waals surface area contributed by atoms with Crippen LogP contribution in [0.5, 0.6) is 0 Å². The molecule has 0 bridgehead atoms. The minimum absolute atomic E-state index is 0.210. The quantitative estimate of drug-likeness (QED) is 0.787. The van der Waals surface area contributed by atoms with Crippen molar-refractivity contribution in [2.75, 3.05) is 6.54 Å². The van der Waals surface area contributed by atoms with Crippen molar-refractivity contribution in [2.45, 2.75) is 6.42 Å². The molecule has 2 aromatic heterocycles. The lowest BCUT2D eigenvalue weighted by molar-refractivity contribution is 0.0928. The van der Waals surface area contributed by atoms with Gasteiger partial charge in [0.25, 0.3) is 5.91 Å². The van der Waals surface area contributed by atoms with Crippen molar-refractivity contribution in [2.24, 2.45) is 0 Å². The second-order valence-corrected chi connectivity index (χ2v) is 5.54. The lowest BCUT2D eigenvalue weighted by Crippen LogP contribution is -2.25. The van der Waals surface area contributed by atoms with E-state index < -0.39 is 0 Å². The molecule has 0 radical (unpaired) electrons. The summed E-state index contributed by atoms with van der Waals surface area (Å²) in [6.45, 7) is 0.524. The molecule has 0 aliphatic carbocycles. The first-order valence-electron chi connectivity index (χ1n) is 6.59. The van der Waals surface area contributed by atoms with Gasteiger partial charge in [-0.3, -0.25) is 9.78 Å². The number of nitrogens with one attached hydrogen (secondary N) is 1. The van der Waals surface area contributed by atoms with Crippen molar-refractivity contribution >= 4 is 32.8 Å². The van der Waals surface area contributed by atoms with Gasteiger partial charge in [-0.05, 0) is 36.4 Å². The summed E-state index contributed by atoms with van der Waals surface area (Å²) in [4.78, 5) is 16.3. The molecule has 0 fully saturated rings. The molecule has 106 valence electrons. The van der Waals surface area contributed by atoms with Crippen molar-refractivity contribution in [1.29, 1.82) is 0 Å². The summed E-state index contributed by atoms with van der Waals surface area (Å²) in [5, 5.41) is 3.75. The van der Waals surface area contributed by atoms with Crippen LogP contribution in [-0.4, -0.2) is 17.4 Å². The average Bonchev–Trinajstić information content (AvgIpc) is 2.91. The molecule has 0 spiro atoms. The molecule has 1 amide bonds. The first-order chi connectivity index (χ1) is 10.2. The molecule has 0 saturated heterocycles. The number of rotatable bonds is 4. The van der Waals surface area contributed by atoms with E-state index in [9.17, 15) is 4.79 Å². The Morgan fingerprint density at radius 3 is 2.95 bits per heavy atom. The Labute approximate surface area is 130 Å². The van der Waals surface area contributed by atoms with E-state index in [1.54, 1.807) is 12.3 Å². The summed E-state index contributed by atoms with van der Waals surface area (Å²) in [5.41, 5.74) is 1.64. The number of carbonyl (C=O) groups is 1. The molecule has 2 heterocycles. The Hall–Kier alpha value is -2.14. The third kappa shape index (κ3) is 3.31. The molecule has 1 aromatic carbocycles. The lowest BCUT2D eigenvalue weighted by atomic mass is 10.2. The number of hydrogen-bond donors (Lipinski definition) is 1. The van der Waals surface area contributed by atoms with Crippen LogP contribution >= 0.6 is 15.9 Å². The summed E-state index contributed by atoms with van der Waals surface area (Å²) < 4.78 is 6.48. The first-order valence-corrected chi connectivity index (χ1v) is 7.39. The van der Waals surface area contributed by atoms with Gasteiger partial charge in [-0.25, -0.2) is 0 Å². The van der Waals surface area contributed by atoms with Crippen molar-refractivity contribution in [1.82, 2.24) is 10.3 Å². The smallest absolute Gasteiger partial charge is 0.287 e. The first kappa shape index (κ1) is 13.8. The maximum Gasteiger partial charge on any atom is 0.287 e. The third-order valence-electron chi connectivity index (χ3n) is 3.10. The molecule has 0 saturated carbocycles. The van der Waals surface area contributed by atoms with Crippen LogP contribution in [0.4, 0.5) is 0 Å². The Morgan fingerprint density at radius 2 is 2.14 bits per heavy atom. The number of fused-ring (bicyclic) bond motifs is 1. The van der Waals surface area contributed by atoms with Gasteiger partial charge in [0.2, 0.25) is 0 Å². The average molecular weight is 345 g/mol. The van der Waals surface area contributed by atoms with E-state index in [-0.39, 0.29) is 5.91 Å². The third-order valence-corrected chi connectivity index (χ3v) is 3.59. The highest BCUT2D eigenvalue weighted by atomic mass is 79.9. The summed E-state index contributed by atoms with van der Waals surface area (Å²) in [5.74, 6) is 0.113. The SMILES string of the molecule is O=C(NCCc1ccccn1)c1cc2ccc(Br)cc2o1. The fourth-order valence-corrected chi connectivity index (χ4v) is 2.39. The number of amides is 1. The number of aromatic nitrogens is 1. The van der Waals surface area contributed by atoms with E-state index in [1.807, 2.05) is 36.4 Å². The van der Waals surface area contributed by atoms with Gasteiger partial charge in [0.05, 0.1) is 0 Å². The van der Waals surface area contributed by atoms with Crippen LogP contribution in [0.2, 0.25) is 0 Å². The number of benzene rings is 1. The summed E-state index contributed by atoms with van der Waals surface area (Å²) in [6, 6.07) is 13.2. The second-order valence-electron chi connectivity index (χ2n) is 4.62. The number of carbonyl (C=O) groups excluding carboxylic acids is 1. The van der Waals surface area contributed by atoms with E-state index in [1.165, 1.54) is 0 Å². The molecule has 0 aliphatic rings. The zero-order valence-electron chi connectivity index (χ0n) is 11.2. The second kappa shape index (κ2) is 6.10. The van der Waals surface area contributed by atoms with Gasteiger partial charge < -0.3 is 9.73 Å².